The zero-order chi connectivity index (χ0) is 16.9. The van der Waals surface area contributed by atoms with Crippen LogP contribution in [-0.2, 0) is 0 Å². The molecule has 4 nitrogen and oxygen atoms in total. The van der Waals surface area contributed by atoms with Crippen molar-refractivity contribution in [3.05, 3.63) is 59.7 Å². The van der Waals surface area contributed by atoms with Crippen LogP contribution in [0.3, 0.4) is 0 Å². The molecular weight excluding hydrogens is 302 g/mol. The van der Waals surface area contributed by atoms with Crippen LogP contribution in [0.15, 0.2) is 48.5 Å². The molecule has 126 valence electrons. The Kier molecular flexibility index (Phi) is 5.04. The van der Waals surface area contributed by atoms with E-state index in [4.69, 9.17) is 9.47 Å². The molecule has 0 radical (unpaired) electrons. The first-order valence-electron chi connectivity index (χ1n) is 8.39. The van der Waals surface area contributed by atoms with Crippen LogP contribution in [0.1, 0.15) is 42.2 Å². The Balaban J connectivity index is 1.78. The normalized spacial score (nSPS) is 14.3. The number of amides is 1. The third kappa shape index (κ3) is 3.88. The highest BCUT2D eigenvalue weighted by atomic mass is 16.6. The van der Waals surface area contributed by atoms with Crippen LogP contribution in [0.4, 0.5) is 0 Å². The topological polar surface area (TPSA) is 47.6 Å². The van der Waals surface area contributed by atoms with Gasteiger partial charge in [0.15, 0.2) is 11.5 Å². The summed E-state index contributed by atoms with van der Waals surface area (Å²) < 4.78 is 11.1. The molecular formula is C20H23NO3. The number of carbonyl (C=O) groups excluding carboxylic acids is 1. The molecule has 1 atom stereocenters. The van der Waals surface area contributed by atoms with Crippen LogP contribution in [0.5, 0.6) is 11.5 Å². The molecule has 2 aromatic rings. The molecule has 0 saturated carbocycles. The maximum atomic E-state index is 12.7. The van der Waals surface area contributed by atoms with E-state index in [0.29, 0.717) is 36.2 Å². The number of carbonyl (C=O) groups is 1. The zero-order valence-electron chi connectivity index (χ0n) is 14.1. The Morgan fingerprint density at radius 1 is 1.04 bits per heavy atom. The highest BCUT2D eigenvalue weighted by Crippen LogP contribution is 2.31. The predicted octanol–water partition coefficient (Wildman–Crippen LogP) is 3.98. The molecule has 1 aliphatic heterocycles. The maximum absolute atomic E-state index is 12.7. The third-order valence-corrected chi connectivity index (χ3v) is 4.02. The van der Waals surface area contributed by atoms with Crippen molar-refractivity contribution in [1.82, 2.24) is 5.32 Å². The summed E-state index contributed by atoms with van der Waals surface area (Å²) in [5.41, 5.74) is 1.71. The summed E-state index contributed by atoms with van der Waals surface area (Å²) in [6.07, 6.45) is 0.889. The average molecular weight is 325 g/mol. The number of ether oxygens (including phenoxy) is 2. The van der Waals surface area contributed by atoms with E-state index in [2.05, 4.69) is 31.3 Å². The van der Waals surface area contributed by atoms with E-state index in [1.54, 1.807) is 18.2 Å². The molecule has 0 fully saturated rings. The van der Waals surface area contributed by atoms with E-state index < -0.39 is 0 Å². The molecule has 1 amide bonds. The van der Waals surface area contributed by atoms with Crippen LogP contribution in [-0.4, -0.2) is 19.1 Å². The fourth-order valence-electron chi connectivity index (χ4n) is 2.86. The van der Waals surface area contributed by atoms with E-state index in [1.165, 1.54) is 0 Å². The minimum atomic E-state index is -0.0959. The Morgan fingerprint density at radius 3 is 2.46 bits per heavy atom. The molecule has 4 heteroatoms. The molecule has 1 N–H and O–H groups in total. The molecule has 0 saturated heterocycles. The third-order valence-electron chi connectivity index (χ3n) is 4.02. The van der Waals surface area contributed by atoms with Crippen LogP contribution >= 0.6 is 0 Å². The minimum Gasteiger partial charge on any atom is -0.486 e. The van der Waals surface area contributed by atoms with Crippen molar-refractivity contribution in [2.45, 2.75) is 26.3 Å². The summed E-state index contributed by atoms with van der Waals surface area (Å²) in [4.78, 5) is 12.7. The van der Waals surface area contributed by atoms with Crippen molar-refractivity contribution in [1.29, 1.82) is 0 Å². The summed E-state index contributed by atoms with van der Waals surface area (Å²) in [5.74, 6) is 1.71. The molecule has 2 aromatic carbocycles. The van der Waals surface area contributed by atoms with E-state index >= 15 is 0 Å². The van der Waals surface area contributed by atoms with Crippen LogP contribution in [0.25, 0.3) is 0 Å². The van der Waals surface area contributed by atoms with E-state index in [1.807, 2.05) is 18.2 Å². The summed E-state index contributed by atoms with van der Waals surface area (Å²) in [6, 6.07) is 15.4. The molecule has 24 heavy (non-hydrogen) atoms. The van der Waals surface area contributed by atoms with Crippen molar-refractivity contribution in [3.63, 3.8) is 0 Å². The van der Waals surface area contributed by atoms with Gasteiger partial charge in [0.05, 0.1) is 6.04 Å². The smallest absolute Gasteiger partial charge is 0.251 e. The highest BCUT2D eigenvalue weighted by Gasteiger charge is 2.19. The van der Waals surface area contributed by atoms with Gasteiger partial charge >= 0.3 is 0 Å². The van der Waals surface area contributed by atoms with Crippen molar-refractivity contribution >= 4 is 5.91 Å². The Bertz CT molecular complexity index is 697. The number of fused-ring (bicyclic) bond motifs is 1. The van der Waals surface area contributed by atoms with Gasteiger partial charge in [-0.2, -0.15) is 0 Å². The van der Waals surface area contributed by atoms with Gasteiger partial charge in [-0.25, -0.2) is 0 Å². The molecule has 0 aromatic heterocycles. The number of benzene rings is 2. The van der Waals surface area contributed by atoms with E-state index in [-0.39, 0.29) is 11.9 Å². The number of nitrogens with one attached hydrogen (secondary N) is 1. The lowest BCUT2D eigenvalue weighted by Gasteiger charge is -2.22. The molecule has 1 aliphatic rings. The fraction of sp³-hybridized carbons (Fsp3) is 0.350. The minimum absolute atomic E-state index is 0.00750. The maximum Gasteiger partial charge on any atom is 0.251 e. The predicted molar refractivity (Wildman–Crippen MR) is 93.5 cm³/mol. The monoisotopic (exact) mass is 325 g/mol. The number of rotatable bonds is 5. The fourth-order valence-corrected chi connectivity index (χ4v) is 2.86. The van der Waals surface area contributed by atoms with Crippen molar-refractivity contribution < 1.29 is 14.3 Å². The Morgan fingerprint density at radius 2 is 1.75 bits per heavy atom. The van der Waals surface area contributed by atoms with Gasteiger partial charge in [-0.3, -0.25) is 4.79 Å². The summed E-state index contributed by atoms with van der Waals surface area (Å²) in [7, 11) is 0. The van der Waals surface area contributed by atoms with Crippen molar-refractivity contribution in [2.75, 3.05) is 13.2 Å². The lowest BCUT2D eigenvalue weighted by atomic mass is 9.96. The standard InChI is InChI=1S/C20H23NO3/c1-14(2)12-17(15-6-4-3-5-7-15)21-20(22)16-8-9-18-19(13-16)24-11-10-23-18/h3-9,13-14,17H,10-12H2,1-2H3,(H,21,22). The largest absolute Gasteiger partial charge is 0.486 e. The van der Waals surface area contributed by atoms with Crippen molar-refractivity contribution in [2.24, 2.45) is 5.92 Å². The Hall–Kier alpha value is -2.49. The Labute approximate surface area is 142 Å². The van der Waals surface area contributed by atoms with Crippen LogP contribution in [0.2, 0.25) is 0 Å². The van der Waals surface area contributed by atoms with Crippen LogP contribution in [0, 0.1) is 5.92 Å². The first-order chi connectivity index (χ1) is 11.6. The van der Waals surface area contributed by atoms with Gasteiger partial charge in [0, 0.05) is 5.56 Å². The first-order valence-corrected chi connectivity index (χ1v) is 8.39. The van der Waals surface area contributed by atoms with E-state index in [0.717, 1.165) is 12.0 Å². The molecule has 1 unspecified atom stereocenters. The molecule has 1 heterocycles. The van der Waals surface area contributed by atoms with Gasteiger partial charge in [-0.05, 0) is 36.1 Å². The molecule has 0 spiro atoms. The second-order valence-electron chi connectivity index (χ2n) is 6.42. The molecule has 0 aliphatic carbocycles. The molecule has 3 rings (SSSR count). The van der Waals surface area contributed by atoms with Gasteiger partial charge in [0.25, 0.3) is 5.91 Å². The number of hydrogen-bond donors (Lipinski definition) is 1. The first kappa shape index (κ1) is 16.4. The second-order valence-corrected chi connectivity index (χ2v) is 6.42. The quantitative estimate of drug-likeness (QED) is 0.904. The van der Waals surface area contributed by atoms with Gasteiger partial charge in [-0.1, -0.05) is 44.2 Å². The van der Waals surface area contributed by atoms with Gasteiger partial charge in [0.2, 0.25) is 0 Å². The van der Waals surface area contributed by atoms with Crippen molar-refractivity contribution in [3.8, 4) is 11.5 Å². The summed E-state index contributed by atoms with van der Waals surface area (Å²) in [6.45, 7) is 5.37. The van der Waals surface area contributed by atoms with Crippen LogP contribution < -0.4 is 14.8 Å². The highest BCUT2D eigenvalue weighted by molar-refractivity contribution is 5.95. The molecule has 0 bridgehead atoms. The second kappa shape index (κ2) is 7.39. The summed E-state index contributed by atoms with van der Waals surface area (Å²) >= 11 is 0. The SMILES string of the molecule is CC(C)CC(NC(=O)c1ccc2c(c1)OCCO2)c1ccccc1. The van der Waals surface area contributed by atoms with Gasteiger partial charge in [0.1, 0.15) is 13.2 Å². The lowest BCUT2D eigenvalue weighted by molar-refractivity contribution is 0.0930. The van der Waals surface area contributed by atoms with E-state index in [9.17, 15) is 4.79 Å². The summed E-state index contributed by atoms with van der Waals surface area (Å²) in [5, 5.41) is 3.15. The van der Waals surface area contributed by atoms with Gasteiger partial charge < -0.3 is 14.8 Å². The van der Waals surface area contributed by atoms with Gasteiger partial charge in [-0.15, -0.1) is 0 Å². The lowest BCUT2D eigenvalue weighted by Crippen LogP contribution is -2.29. The number of hydrogen-bond acceptors (Lipinski definition) is 3. The zero-order valence-corrected chi connectivity index (χ0v) is 14.1. The average Bonchev–Trinajstić information content (AvgIpc) is 2.61.